The van der Waals surface area contributed by atoms with Crippen molar-refractivity contribution in [1.29, 1.82) is 5.26 Å². The molecule has 1 unspecified atom stereocenters. The Labute approximate surface area is 163 Å². The van der Waals surface area contributed by atoms with Gasteiger partial charge in [0, 0.05) is 29.6 Å². The number of pyridine rings is 2. The smallest absolute Gasteiger partial charge is 0.251 e. The third-order valence-electron chi connectivity index (χ3n) is 5.00. The van der Waals surface area contributed by atoms with Crippen molar-refractivity contribution >= 4 is 10.9 Å². The van der Waals surface area contributed by atoms with Crippen LogP contribution in [0.5, 0.6) is 11.6 Å². The second kappa shape index (κ2) is 7.73. The van der Waals surface area contributed by atoms with Gasteiger partial charge < -0.3 is 14.5 Å². The van der Waals surface area contributed by atoms with Crippen molar-refractivity contribution in [2.24, 2.45) is 0 Å². The number of benzene rings is 1. The zero-order valence-corrected chi connectivity index (χ0v) is 16.5. The molecule has 1 aromatic carbocycles. The van der Waals surface area contributed by atoms with E-state index in [1.54, 1.807) is 26.4 Å². The monoisotopic (exact) mass is 377 g/mol. The van der Waals surface area contributed by atoms with Crippen molar-refractivity contribution in [2.75, 3.05) is 14.2 Å². The quantitative estimate of drug-likeness (QED) is 0.710. The summed E-state index contributed by atoms with van der Waals surface area (Å²) >= 11 is 0. The van der Waals surface area contributed by atoms with Gasteiger partial charge in [0.2, 0.25) is 5.88 Å². The summed E-state index contributed by atoms with van der Waals surface area (Å²) in [4.78, 5) is 19.5. The third kappa shape index (κ3) is 3.70. The van der Waals surface area contributed by atoms with Gasteiger partial charge in [0.05, 0.1) is 31.4 Å². The highest BCUT2D eigenvalue weighted by Crippen LogP contribution is 2.31. The normalized spacial score (nSPS) is 13.0. The van der Waals surface area contributed by atoms with Crippen LogP contribution >= 0.6 is 0 Å². The van der Waals surface area contributed by atoms with Gasteiger partial charge in [-0.25, -0.2) is 4.98 Å². The molecule has 144 valence electrons. The third-order valence-corrected chi connectivity index (χ3v) is 5.00. The number of aryl methyl sites for hydroxylation is 1. The molecule has 0 amide bonds. The molecule has 1 atom stereocenters. The number of fused-ring (bicyclic) bond motifs is 1. The number of ether oxygens (including phenoxy) is 2. The van der Waals surface area contributed by atoms with Crippen LogP contribution in [0.25, 0.3) is 10.9 Å². The van der Waals surface area contributed by atoms with Gasteiger partial charge in [-0.15, -0.1) is 0 Å². The van der Waals surface area contributed by atoms with E-state index < -0.39 is 5.41 Å². The van der Waals surface area contributed by atoms with Gasteiger partial charge in [-0.2, -0.15) is 5.26 Å². The van der Waals surface area contributed by atoms with E-state index in [1.807, 2.05) is 38.1 Å². The average molecular weight is 377 g/mol. The molecule has 0 fully saturated rings. The van der Waals surface area contributed by atoms with Gasteiger partial charge in [-0.1, -0.05) is 19.1 Å². The molecule has 0 bridgehead atoms. The summed E-state index contributed by atoms with van der Waals surface area (Å²) in [5, 5.41) is 10.9. The lowest BCUT2D eigenvalue weighted by Crippen LogP contribution is -2.24. The van der Waals surface area contributed by atoms with E-state index >= 15 is 0 Å². The molecule has 0 saturated carbocycles. The van der Waals surface area contributed by atoms with Crippen LogP contribution in [0.4, 0.5) is 0 Å². The van der Waals surface area contributed by atoms with Crippen LogP contribution in [-0.4, -0.2) is 24.2 Å². The van der Waals surface area contributed by atoms with Crippen LogP contribution in [0.3, 0.4) is 0 Å². The fourth-order valence-electron chi connectivity index (χ4n) is 3.27. The molecule has 0 radical (unpaired) electrons. The van der Waals surface area contributed by atoms with Gasteiger partial charge >= 0.3 is 0 Å². The van der Waals surface area contributed by atoms with E-state index in [9.17, 15) is 10.1 Å². The van der Waals surface area contributed by atoms with Crippen molar-refractivity contribution < 1.29 is 9.47 Å². The van der Waals surface area contributed by atoms with Crippen LogP contribution in [0.15, 0.2) is 41.2 Å². The highest BCUT2D eigenvalue weighted by molar-refractivity contribution is 5.80. The van der Waals surface area contributed by atoms with Crippen molar-refractivity contribution in [2.45, 2.75) is 32.1 Å². The second-order valence-corrected chi connectivity index (χ2v) is 6.94. The van der Waals surface area contributed by atoms with Crippen LogP contribution in [0.1, 0.15) is 30.7 Å². The highest BCUT2D eigenvalue weighted by Gasteiger charge is 2.28. The number of nitrogens with one attached hydrogen (secondary N) is 1. The SMILES string of the molecule is CCc1cc2ccc(C(C)(C#N)Cc3cc(OC)cc(OC)n3)cc2[nH]c1=O. The number of hydrogen-bond acceptors (Lipinski definition) is 5. The Morgan fingerprint density at radius 1 is 1.18 bits per heavy atom. The Morgan fingerprint density at radius 3 is 2.61 bits per heavy atom. The molecule has 0 aliphatic rings. The van der Waals surface area contributed by atoms with Gasteiger partial charge in [-0.3, -0.25) is 4.79 Å². The second-order valence-electron chi connectivity index (χ2n) is 6.94. The van der Waals surface area contributed by atoms with E-state index in [4.69, 9.17) is 9.47 Å². The Hall–Kier alpha value is -3.33. The van der Waals surface area contributed by atoms with Gasteiger partial charge in [-0.05, 0) is 36.4 Å². The number of aromatic amines is 1. The first-order chi connectivity index (χ1) is 13.4. The van der Waals surface area contributed by atoms with Gasteiger partial charge in [0.15, 0.2) is 0 Å². The summed E-state index contributed by atoms with van der Waals surface area (Å²) in [5.74, 6) is 1.06. The van der Waals surface area contributed by atoms with E-state index in [0.29, 0.717) is 30.2 Å². The maximum absolute atomic E-state index is 12.2. The molecule has 0 aliphatic carbocycles. The minimum absolute atomic E-state index is 0.0926. The van der Waals surface area contributed by atoms with Crippen LogP contribution < -0.4 is 15.0 Å². The molecule has 0 aliphatic heterocycles. The molecular formula is C22H23N3O3. The molecule has 3 rings (SSSR count). The molecule has 6 nitrogen and oxygen atoms in total. The van der Waals surface area contributed by atoms with Crippen molar-refractivity contribution in [1.82, 2.24) is 9.97 Å². The zero-order chi connectivity index (χ0) is 20.3. The summed E-state index contributed by atoms with van der Waals surface area (Å²) in [6.45, 7) is 3.81. The minimum atomic E-state index is -0.834. The number of nitriles is 1. The van der Waals surface area contributed by atoms with Crippen molar-refractivity contribution in [3.05, 3.63) is 63.6 Å². The molecule has 28 heavy (non-hydrogen) atoms. The Bertz CT molecular complexity index is 1090. The Morgan fingerprint density at radius 2 is 1.96 bits per heavy atom. The largest absolute Gasteiger partial charge is 0.496 e. The van der Waals surface area contributed by atoms with E-state index in [2.05, 4.69) is 16.0 Å². The number of aromatic nitrogens is 2. The first-order valence-electron chi connectivity index (χ1n) is 9.09. The number of H-pyrrole nitrogens is 1. The Kier molecular flexibility index (Phi) is 5.36. The van der Waals surface area contributed by atoms with E-state index in [1.165, 1.54) is 0 Å². The lowest BCUT2D eigenvalue weighted by Gasteiger charge is -2.22. The predicted molar refractivity (Wildman–Crippen MR) is 108 cm³/mol. The lowest BCUT2D eigenvalue weighted by molar-refractivity contribution is 0.379. The van der Waals surface area contributed by atoms with Gasteiger partial charge in [0.1, 0.15) is 5.75 Å². The first-order valence-corrected chi connectivity index (χ1v) is 9.09. The van der Waals surface area contributed by atoms with E-state index in [-0.39, 0.29) is 5.56 Å². The predicted octanol–water partition coefficient (Wildman–Crippen LogP) is 3.53. The molecule has 1 N–H and O–H groups in total. The lowest BCUT2D eigenvalue weighted by atomic mass is 9.79. The summed E-state index contributed by atoms with van der Waals surface area (Å²) in [6.07, 6.45) is 1.05. The standard InChI is InChI=1S/C22H23N3O3/c1-5-14-8-15-6-7-16(9-19(15)25-21(14)26)22(2,13-23)12-17-10-18(27-3)11-20(24-17)28-4/h6-11H,5,12H2,1-4H3,(H,25,26). The topological polar surface area (TPSA) is 88.0 Å². The number of rotatable bonds is 6. The van der Waals surface area contributed by atoms with Crippen LogP contribution in [0.2, 0.25) is 0 Å². The van der Waals surface area contributed by atoms with Crippen molar-refractivity contribution in [3.63, 3.8) is 0 Å². The molecule has 0 spiro atoms. The molecule has 6 heteroatoms. The van der Waals surface area contributed by atoms with Gasteiger partial charge in [0.25, 0.3) is 5.56 Å². The fraction of sp³-hybridized carbons (Fsp3) is 0.318. The van der Waals surface area contributed by atoms with Crippen molar-refractivity contribution in [3.8, 4) is 17.7 Å². The molecule has 0 saturated heterocycles. The number of methoxy groups -OCH3 is 2. The first kappa shape index (κ1) is 19.4. The maximum atomic E-state index is 12.2. The van der Waals surface area contributed by atoms with Crippen LogP contribution in [-0.2, 0) is 18.3 Å². The highest BCUT2D eigenvalue weighted by atomic mass is 16.5. The number of nitrogens with zero attached hydrogens (tertiary/aromatic N) is 2. The van der Waals surface area contributed by atoms with Crippen LogP contribution in [0, 0.1) is 11.3 Å². The summed E-state index contributed by atoms with van der Waals surface area (Å²) in [7, 11) is 3.12. The molecule has 2 aromatic heterocycles. The van der Waals surface area contributed by atoms with E-state index in [0.717, 1.165) is 22.0 Å². The molecule has 3 aromatic rings. The minimum Gasteiger partial charge on any atom is -0.496 e. The average Bonchev–Trinajstić information content (AvgIpc) is 2.72. The number of hydrogen-bond donors (Lipinski definition) is 1. The maximum Gasteiger partial charge on any atom is 0.251 e. The molecular weight excluding hydrogens is 354 g/mol. The Balaban J connectivity index is 2.04. The summed E-state index contributed by atoms with van der Waals surface area (Å²) in [6, 6.07) is 13.5. The molecule has 2 heterocycles. The zero-order valence-electron chi connectivity index (χ0n) is 16.5. The summed E-state index contributed by atoms with van der Waals surface area (Å²) < 4.78 is 10.5. The summed E-state index contributed by atoms with van der Waals surface area (Å²) in [5.41, 5.74) is 2.04. The fourth-order valence-corrected chi connectivity index (χ4v) is 3.27.